The van der Waals surface area contributed by atoms with Crippen LogP contribution < -0.4 is 0 Å². The first-order valence-corrected chi connectivity index (χ1v) is 5.02. The first-order chi connectivity index (χ1) is 7.43. The Morgan fingerprint density at radius 1 is 1.56 bits per heavy atom. The fourth-order valence-electron chi connectivity index (χ4n) is 1.13. The maximum atomic E-state index is 13.5. The third-order valence-electron chi connectivity index (χ3n) is 1.82. The van der Waals surface area contributed by atoms with E-state index in [0.717, 1.165) is 0 Å². The van der Waals surface area contributed by atoms with Crippen molar-refractivity contribution in [1.29, 1.82) is 0 Å². The Kier molecular flexibility index (Phi) is 3.85. The Labute approximate surface area is 95.5 Å². The minimum Gasteiger partial charge on any atom is -0.461 e. The van der Waals surface area contributed by atoms with Crippen molar-refractivity contribution in [3.8, 4) is 0 Å². The molecule has 0 fully saturated rings. The average Bonchev–Trinajstić information content (AvgIpc) is 2.60. The normalized spacial score (nSPS) is 11.6. The monoisotopic (exact) mass is 253 g/mol. The van der Waals surface area contributed by atoms with Crippen molar-refractivity contribution < 1.29 is 22.7 Å². The van der Waals surface area contributed by atoms with Crippen LogP contribution in [0.15, 0.2) is 4.42 Å². The zero-order valence-electron chi connectivity index (χ0n) is 8.72. The zero-order valence-corrected chi connectivity index (χ0v) is 9.48. The van der Waals surface area contributed by atoms with Gasteiger partial charge in [-0.1, -0.05) is 6.92 Å². The Bertz CT molecular complexity index is 392. The average molecular weight is 254 g/mol. The van der Waals surface area contributed by atoms with Crippen LogP contribution >= 0.6 is 11.6 Å². The number of halogens is 3. The molecule has 0 saturated heterocycles. The second kappa shape index (κ2) is 4.78. The molecular weight excluding hydrogens is 244 g/mol. The summed E-state index contributed by atoms with van der Waals surface area (Å²) in [5.41, 5.74) is -0.779. The Hall–Kier alpha value is -1.17. The molecule has 0 aliphatic rings. The van der Waals surface area contributed by atoms with E-state index in [1.807, 2.05) is 0 Å². The van der Waals surface area contributed by atoms with Gasteiger partial charge in [-0.2, -0.15) is 13.8 Å². The standard InChI is InChI=1S/C9H10ClF2NO3/c1-3-5-6(13-8(10)16-5)9(11,12)7(14)15-4-2/h3-4H2,1-2H3. The zero-order chi connectivity index (χ0) is 12.3. The van der Waals surface area contributed by atoms with Crippen molar-refractivity contribution in [2.24, 2.45) is 0 Å². The van der Waals surface area contributed by atoms with Crippen LogP contribution in [-0.4, -0.2) is 17.6 Å². The number of ether oxygens (including phenoxy) is 1. The summed E-state index contributed by atoms with van der Waals surface area (Å²) in [6, 6.07) is 0. The Balaban J connectivity index is 3.09. The molecule has 0 amide bonds. The fourth-order valence-corrected chi connectivity index (χ4v) is 1.30. The largest absolute Gasteiger partial charge is 0.461 e. The number of alkyl halides is 2. The summed E-state index contributed by atoms with van der Waals surface area (Å²) in [7, 11) is 0. The van der Waals surface area contributed by atoms with Gasteiger partial charge in [0.15, 0.2) is 5.69 Å². The molecule has 0 saturated carbocycles. The number of carbonyl (C=O) groups is 1. The number of carbonyl (C=O) groups excluding carboxylic acids is 1. The summed E-state index contributed by atoms with van der Waals surface area (Å²) in [5.74, 6) is -5.62. The van der Waals surface area contributed by atoms with Gasteiger partial charge < -0.3 is 9.15 Å². The van der Waals surface area contributed by atoms with Gasteiger partial charge in [0.25, 0.3) is 5.35 Å². The van der Waals surface area contributed by atoms with Gasteiger partial charge in [-0.15, -0.1) is 0 Å². The topological polar surface area (TPSA) is 52.3 Å². The van der Waals surface area contributed by atoms with Gasteiger partial charge in [-0.3, -0.25) is 0 Å². The third kappa shape index (κ3) is 2.32. The molecule has 7 heteroatoms. The van der Waals surface area contributed by atoms with E-state index < -0.39 is 22.9 Å². The second-order valence-corrected chi connectivity index (χ2v) is 3.21. The first-order valence-electron chi connectivity index (χ1n) is 4.64. The number of hydrogen-bond acceptors (Lipinski definition) is 4. The number of oxazole rings is 1. The fraction of sp³-hybridized carbons (Fsp3) is 0.556. The lowest BCUT2D eigenvalue weighted by Crippen LogP contribution is -2.29. The number of esters is 1. The number of rotatable bonds is 4. The van der Waals surface area contributed by atoms with Crippen molar-refractivity contribution in [3.05, 3.63) is 16.8 Å². The van der Waals surface area contributed by atoms with Gasteiger partial charge in [0, 0.05) is 6.42 Å². The predicted octanol–water partition coefficient (Wildman–Crippen LogP) is 2.55. The highest BCUT2D eigenvalue weighted by molar-refractivity contribution is 6.27. The molecule has 0 spiro atoms. The first kappa shape index (κ1) is 12.9. The van der Waals surface area contributed by atoms with E-state index in [2.05, 4.69) is 9.72 Å². The van der Waals surface area contributed by atoms with Crippen molar-refractivity contribution >= 4 is 17.6 Å². The smallest absolute Gasteiger partial charge is 0.387 e. The van der Waals surface area contributed by atoms with Crippen molar-refractivity contribution in [3.63, 3.8) is 0 Å². The molecule has 1 aromatic heterocycles. The highest BCUT2D eigenvalue weighted by Gasteiger charge is 2.47. The highest BCUT2D eigenvalue weighted by Crippen LogP contribution is 2.33. The molecule has 0 aliphatic heterocycles. The van der Waals surface area contributed by atoms with Gasteiger partial charge in [0.05, 0.1) is 6.61 Å². The maximum Gasteiger partial charge on any atom is 0.387 e. The molecule has 1 aromatic rings. The van der Waals surface area contributed by atoms with Crippen LogP contribution in [0.3, 0.4) is 0 Å². The van der Waals surface area contributed by atoms with E-state index in [9.17, 15) is 13.6 Å². The van der Waals surface area contributed by atoms with Gasteiger partial charge in [0.2, 0.25) is 0 Å². The lowest BCUT2D eigenvalue weighted by molar-refractivity contribution is -0.173. The van der Waals surface area contributed by atoms with Crippen LogP contribution in [0, 0.1) is 0 Å². The molecule has 0 atom stereocenters. The summed E-state index contributed by atoms with van der Waals surface area (Å²) in [6.07, 6.45) is 0.157. The summed E-state index contributed by atoms with van der Waals surface area (Å²) >= 11 is 5.37. The van der Waals surface area contributed by atoms with E-state index in [-0.39, 0.29) is 18.8 Å². The van der Waals surface area contributed by atoms with Gasteiger partial charge in [-0.25, -0.2) is 4.79 Å². The number of aromatic nitrogens is 1. The molecule has 1 heterocycles. The Morgan fingerprint density at radius 2 is 2.19 bits per heavy atom. The van der Waals surface area contributed by atoms with E-state index in [1.54, 1.807) is 6.92 Å². The number of nitrogens with zero attached hydrogens (tertiary/aromatic N) is 1. The van der Waals surface area contributed by atoms with Crippen molar-refractivity contribution in [2.75, 3.05) is 6.61 Å². The maximum absolute atomic E-state index is 13.5. The molecule has 0 unspecified atom stereocenters. The van der Waals surface area contributed by atoms with Crippen LogP contribution in [0.2, 0.25) is 5.35 Å². The molecule has 0 aliphatic carbocycles. The minimum atomic E-state index is -3.84. The lowest BCUT2D eigenvalue weighted by atomic mass is 10.2. The molecule has 1 rings (SSSR count). The van der Waals surface area contributed by atoms with Crippen LogP contribution in [0.25, 0.3) is 0 Å². The highest BCUT2D eigenvalue weighted by atomic mass is 35.5. The van der Waals surface area contributed by atoms with Crippen LogP contribution in [0.1, 0.15) is 25.3 Å². The summed E-state index contributed by atoms with van der Waals surface area (Å²) < 4.78 is 36.1. The van der Waals surface area contributed by atoms with E-state index in [0.29, 0.717) is 0 Å². The molecule has 0 bridgehead atoms. The van der Waals surface area contributed by atoms with Crippen molar-refractivity contribution in [1.82, 2.24) is 4.98 Å². The molecule has 0 N–H and O–H groups in total. The quantitative estimate of drug-likeness (QED) is 0.774. The molecule has 0 aromatic carbocycles. The molecule has 90 valence electrons. The van der Waals surface area contributed by atoms with Crippen molar-refractivity contribution in [2.45, 2.75) is 26.2 Å². The van der Waals surface area contributed by atoms with E-state index >= 15 is 0 Å². The molecular formula is C9H10ClF2NO3. The third-order valence-corrected chi connectivity index (χ3v) is 1.98. The number of aryl methyl sites for hydroxylation is 1. The van der Waals surface area contributed by atoms with E-state index in [4.69, 9.17) is 16.0 Å². The predicted molar refractivity (Wildman–Crippen MR) is 51.4 cm³/mol. The lowest BCUT2D eigenvalue weighted by Gasteiger charge is -2.12. The molecule has 0 radical (unpaired) electrons. The minimum absolute atomic E-state index is 0.122. The summed E-state index contributed by atoms with van der Waals surface area (Å²) in [4.78, 5) is 14.4. The van der Waals surface area contributed by atoms with Crippen LogP contribution in [0.5, 0.6) is 0 Å². The van der Waals surface area contributed by atoms with Gasteiger partial charge in [0.1, 0.15) is 5.76 Å². The Morgan fingerprint density at radius 3 is 2.69 bits per heavy atom. The second-order valence-electron chi connectivity index (χ2n) is 2.89. The van der Waals surface area contributed by atoms with Crippen LogP contribution in [0.4, 0.5) is 8.78 Å². The van der Waals surface area contributed by atoms with Crippen LogP contribution in [-0.2, 0) is 21.9 Å². The molecule has 16 heavy (non-hydrogen) atoms. The summed E-state index contributed by atoms with van der Waals surface area (Å²) in [5, 5.41) is -0.421. The number of hydrogen-bond donors (Lipinski definition) is 0. The SMILES string of the molecule is CCOC(=O)C(F)(F)c1nc(Cl)oc1CC. The molecule has 4 nitrogen and oxygen atoms in total. The van der Waals surface area contributed by atoms with Gasteiger partial charge >= 0.3 is 11.9 Å². The van der Waals surface area contributed by atoms with E-state index in [1.165, 1.54) is 6.92 Å². The van der Waals surface area contributed by atoms with Gasteiger partial charge in [-0.05, 0) is 18.5 Å². The summed E-state index contributed by atoms with van der Waals surface area (Å²) in [6.45, 7) is 2.88.